The van der Waals surface area contributed by atoms with E-state index in [0.717, 1.165) is 19.3 Å². The van der Waals surface area contributed by atoms with E-state index < -0.39 is 0 Å². The summed E-state index contributed by atoms with van der Waals surface area (Å²) < 4.78 is 12.5. The fourth-order valence-corrected chi connectivity index (χ4v) is 0.864. The van der Waals surface area contributed by atoms with Gasteiger partial charge in [-0.25, -0.2) is 4.39 Å². The lowest BCUT2D eigenvalue weighted by molar-refractivity contribution is 0.655. The van der Waals surface area contributed by atoms with Crippen LogP contribution in [-0.2, 0) is 0 Å². The van der Waals surface area contributed by atoms with E-state index in [-0.39, 0.29) is 5.83 Å². The molecule has 1 aliphatic rings. The summed E-state index contributed by atoms with van der Waals surface area (Å²) >= 11 is 0. The van der Waals surface area contributed by atoms with E-state index in [4.69, 9.17) is 5.41 Å². The molecule has 1 nitrogen and oxygen atoms in total. The highest BCUT2D eigenvalue weighted by Gasteiger charge is 1.96. The molecule has 0 amide bonds. The quantitative estimate of drug-likeness (QED) is 0.533. The zero-order valence-electron chi connectivity index (χ0n) is 5.73. The lowest BCUT2D eigenvalue weighted by Gasteiger charge is -1.99. The number of hydrogen-bond acceptors (Lipinski definition) is 1. The maximum Gasteiger partial charge on any atom is 0.119 e. The SMILES string of the molecule is N=C1C=CC(F)=CCCC1. The molecular formula is C8H10FN. The van der Waals surface area contributed by atoms with Crippen LogP contribution in [0.5, 0.6) is 0 Å². The first-order valence-corrected chi connectivity index (χ1v) is 3.40. The Kier molecular flexibility index (Phi) is 2.37. The minimum Gasteiger partial charge on any atom is -0.305 e. The van der Waals surface area contributed by atoms with Crippen molar-refractivity contribution in [2.75, 3.05) is 0 Å². The summed E-state index contributed by atoms with van der Waals surface area (Å²) in [5, 5.41) is 7.24. The van der Waals surface area contributed by atoms with Crippen LogP contribution in [0.2, 0.25) is 0 Å². The Bertz CT molecular complexity index is 191. The number of nitrogens with one attached hydrogen (secondary N) is 1. The average molecular weight is 139 g/mol. The van der Waals surface area contributed by atoms with Crippen molar-refractivity contribution in [3.63, 3.8) is 0 Å². The van der Waals surface area contributed by atoms with E-state index in [1.165, 1.54) is 12.2 Å². The third kappa shape index (κ3) is 2.13. The van der Waals surface area contributed by atoms with Crippen molar-refractivity contribution in [1.82, 2.24) is 0 Å². The van der Waals surface area contributed by atoms with Gasteiger partial charge in [-0.05, 0) is 37.5 Å². The van der Waals surface area contributed by atoms with Gasteiger partial charge in [0.15, 0.2) is 0 Å². The van der Waals surface area contributed by atoms with Gasteiger partial charge in [0.1, 0.15) is 5.83 Å². The summed E-state index contributed by atoms with van der Waals surface area (Å²) in [7, 11) is 0. The predicted octanol–water partition coefficient (Wildman–Crippen LogP) is 2.60. The normalized spacial score (nSPS) is 19.7. The molecule has 0 heterocycles. The Morgan fingerprint density at radius 1 is 1.40 bits per heavy atom. The smallest absolute Gasteiger partial charge is 0.119 e. The Balaban J connectivity index is 2.66. The molecule has 0 radical (unpaired) electrons. The summed E-state index contributed by atoms with van der Waals surface area (Å²) in [6, 6.07) is 0. The topological polar surface area (TPSA) is 23.9 Å². The highest BCUT2D eigenvalue weighted by molar-refractivity contribution is 5.92. The number of hydrogen-bond donors (Lipinski definition) is 1. The van der Waals surface area contributed by atoms with Gasteiger partial charge in [-0.15, -0.1) is 0 Å². The maximum atomic E-state index is 12.5. The van der Waals surface area contributed by atoms with Gasteiger partial charge < -0.3 is 5.41 Å². The molecule has 0 saturated carbocycles. The minimum absolute atomic E-state index is 0.218. The number of allylic oxidation sites excluding steroid dienone is 4. The average Bonchev–Trinajstić information content (AvgIpc) is 1.90. The van der Waals surface area contributed by atoms with Crippen LogP contribution in [0.15, 0.2) is 24.1 Å². The van der Waals surface area contributed by atoms with Crippen LogP contribution in [0.4, 0.5) is 4.39 Å². The molecular weight excluding hydrogens is 129 g/mol. The van der Waals surface area contributed by atoms with Gasteiger partial charge in [0.05, 0.1) is 0 Å². The minimum atomic E-state index is -0.218. The summed E-state index contributed by atoms with van der Waals surface area (Å²) in [6.07, 6.45) is 6.82. The third-order valence-electron chi connectivity index (χ3n) is 1.43. The largest absolute Gasteiger partial charge is 0.305 e. The maximum absolute atomic E-state index is 12.5. The molecule has 0 atom stereocenters. The van der Waals surface area contributed by atoms with E-state index in [1.54, 1.807) is 6.08 Å². The predicted molar refractivity (Wildman–Crippen MR) is 39.9 cm³/mol. The third-order valence-corrected chi connectivity index (χ3v) is 1.43. The van der Waals surface area contributed by atoms with E-state index in [0.29, 0.717) is 5.71 Å². The summed E-state index contributed by atoms with van der Waals surface area (Å²) in [6.45, 7) is 0. The molecule has 0 aromatic carbocycles. The van der Waals surface area contributed by atoms with Crippen molar-refractivity contribution in [2.45, 2.75) is 19.3 Å². The summed E-state index contributed by atoms with van der Waals surface area (Å²) in [5.41, 5.74) is 0.517. The number of halogens is 1. The fraction of sp³-hybridized carbons (Fsp3) is 0.375. The monoisotopic (exact) mass is 139 g/mol. The molecule has 0 unspecified atom stereocenters. The van der Waals surface area contributed by atoms with Crippen LogP contribution in [0, 0.1) is 5.41 Å². The molecule has 54 valence electrons. The van der Waals surface area contributed by atoms with Crippen molar-refractivity contribution in [3.05, 3.63) is 24.1 Å². The van der Waals surface area contributed by atoms with Gasteiger partial charge in [-0.1, -0.05) is 0 Å². The summed E-state index contributed by atoms with van der Waals surface area (Å²) in [5.74, 6) is -0.218. The molecule has 0 fully saturated rings. The van der Waals surface area contributed by atoms with Crippen molar-refractivity contribution >= 4 is 5.71 Å². The second-order valence-electron chi connectivity index (χ2n) is 2.34. The first-order chi connectivity index (χ1) is 4.79. The molecule has 1 N–H and O–H groups in total. The van der Waals surface area contributed by atoms with E-state index in [1.807, 2.05) is 0 Å². The van der Waals surface area contributed by atoms with Crippen LogP contribution in [0.1, 0.15) is 19.3 Å². The zero-order valence-corrected chi connectivity index (χ0v) is 5.73. The molecule has 0 aromatic rings. The Morgan fingerprint density at radius 2 is 2.20 bits per heavy atom. The van der Waals surface area contributed by atoms with Crippen molar-refractivity contribution in [3.8, 4) is 0 Å². The zero-order chi connectivity index (χ0) is 7.40. The first-order valence-electron chi connectivity index (χ1n) is 3.40. The lowest BCUT2D eigenvalue weighted by atomic mass is 10.1. The molecule has 0 spiro atoms. The van der Waals surface area contributed by atoms with E-state index >= 15 is 0 Å². The number of rotatable bonds is 0. The first kappa shape index (κ1) is 7.19. The van der Waals surface area contributed by atoms with Gasteiger partial charge in [-0.3, -0.25) is 0 Å². The van der Waals surface area contributed by atoms with Crippen molar-refractivity contribution in [2.24, 2.45) is 0 Å². The standard InChI is InChI=1S/C8H10FN/c9-7-3-1-2-4-8(10)6-5-7/h3,5-6,10H,1-2,4H2. The van der Waals surface area contributed by atoms with E-state index in [2.05, 4.69) is 0 Å². The molecule has 0 aliphatic heterocycles. The summed E-state index contributed by atoms with van der Waals surface area (Å²) in [4.78, 5) is 0. The highest BCUT2D eigenvalue weighted by Crippen LogP contribution is 2.09. The Hall–Kier alpha value is -0.920. The second-order valence-corrected chi connectivity index (χ2v) is 2.34. The molecule has 0 aromatic heterocycles. The van der Waals surface area contributed by atoms with Gasteiger partial charge in [0.25, 0.3) is 0 Å². The van der Waals surface area contributed by atoms with Gasteiger partial charge in [0, 0.05) is 5.71 Å². The second kappa shape index (κ2) is 3.30. The van der Waals surface area contributed by atoms with Crippen LogP contribution in [0.25, 0.3) is 0 Å². The lowest BCUT2D eigenvalue weighted by Crippen LogP contribution is -1.92. The molecule has 1 aliphatic carbocycles. The molecule has 0 saturated heterocycles. The van der Waals surface area contributed by atoms with Gasteiger partial charge in [0.2, 0.25) is 0 Å². The van der Waals surface area contributed by atoms with Crippen molar-refractivity contribution in [1.29, 1.82) is 5.41 Å². The molecule has 1 rings (SSSR count). The van der Waals surface area contributed by atoms with Gasteiger partial charge in [-0.2, -0.15) is 0 Å². The van der Waals surface area contributed by atoms with Crippen LogP contribution in [0.3, 0.4) is 0 Å². The van der Waals surface area contributed by atoms with Crippen molar-refractivity contribution < 1.29 is 4.39 Å². The van der Waals surface area contributed by atoms with E-state index in [9.17, 15) is 4.39 Å². The van der Waals surface area contributed by atoms with Gasteiger partial charge >= 0.3 is 0 Å². The fourth-order valence-electron chi connectivity index (χ4n) is 0.864. The Labute approximate surface area is 59.8 Å². The molecule has 2 heteroatoms. The molecule has 0 bridgehead atoms. The van der Waals surface area contributed by atoms with Crippen LogP contribution in [-0.4, -0.2) is 5.71 Å². The highest BCUT2D eigenvalue weighted by atomic mass is 19.1. The Morgan fingerprint density at radius 3 is 3.00 bits per heavy atom. The molecule has 10 heavy (non-hydrogen) atoms. The van der Waals surface area contributed by atoms with Crippen LogP contribution < -0.4 is 0 Å². The van der Waals surface area contributed by atoms with Crippen LogP contribution >= 0.6 is 0 Å².